The highest BCUT2D eigenvalue weighted by molar-refractivity contribution is 5.96. The summed E-state index contributed by atoms with van der Waals surface area (Å²) >= 11 is 0. The van der Waals surface area contributed by atoms with E-state index in [1.54, 1.807) is 26.8 Å². The number of nitrogens with one attached hydrogen (secondary N) is 1. The van der Waals surface area contributed by atoms with Crippen molar-refractivity contribution in [2.45, 2.75) is 64.9 Å². The van der Waals surface area contributed by atoms with Crippen molar-refractivity contribution in [1.82, 2.24) is 5.32 Å². The minimum atomic E-state index is -1.33. The minimum Gasteiger partial charge on any atom is -0.444 e. The number of esters is 2. The van der Waals surface area contributed by atoms with Gasteiger partial charge >= 0.3 is 18.0 Å². The summed E-state index contributed by atoms with van der Waals surface area (Å²) in [7, 11) is 0. The molecule has 0 bridgehead atoms. The molecule has 34 heavy (non-hydrogen) atoms. The maximum absolute atomic E-state index is 13.5. The number of ether oxygens (including phenoxy) is 3. The number of carbonyl (C=O) groups excluding carboxylic acids is 3. The fourth-order valence-electron chi connectivity index (χ4n) is 3.67. The predicted molar refractivity (Wildman–Crippen MR) is 123 cm³/mol. The fourth-order valence-corrected chi connectivity index (χ4v) is 3.67. The number of benzene rings is 2. The molecule has 1 aliphatic heterocycles. The van der Waals surface area contributed by atoms with Crippen LogP contribution in [0.3, 0.4) is 0 Å². The molecule has 0 saturated carbocycles. The van der Waals surface area contributed by atoms with Crippen LogP contribution in [0, 0.1) is 11.7 Å². The summed E-state index contributed by atoms with van der Waals surface area (Å²) in [5.41, 5.74) is 1.71. The Morgan fingerprint density at radius 3 is 2.24 bits per heavy atom. The van der Waals surface area contributed by atoms with Gasteiger partial charge in [-0.1, -0.05) is 36.4 Å². The van der Waals surface area contributed by atoms with Gasteiger partial charge in [0.15, 0.2) is 5.92 Å². The lowest BCUT2D eigenvalue weighted by atomic mass is 9.93. The Morgan fingerprint density at radius 1 is 1.06 bits per heavy atom. The van der Waals surface area contributed by atoms with E-state index in [0.717, 1.165) is 16.7 Å². The Balaban J connectivity index is 1.77. The van der Waals surface area contributed by atoms with Crippen LogP contribution in [0.1, 0.15) is 46.6 Å². The molecule has 3 rings (SSSR count). The SMILES string of the molecule is CC(C)(C)OC(=O)N[C@@H](Cc1ccc(-c2cccc(F)c2)cc1)CC1C(=O)OC(C)(C)OC1=O. The van der Waals surface area contributed by atoms with Crippen molar-refractivity contribution < 1.29 is 33.0 Å². The van der Waals surface area contributed by atoms with E-state index in [1.165, 1.54) is 26.0 Å². The molecule has 1 amide bonds. The Bertz CT molecular complexity index is 1040. The molecule has 1 fully saturated rings. The number of cyclic esters (lactones) is 2. The fraction of sp³-hybridized carbons (Fsp3) is 0.423. The number of hydrogen-bond acceptors (Lipinski definition) is 6. The van der Waals surface area contributed by atoms with Crippen LogP contribution in [0.2, 0.25) is 0 Å². The Hall–Kier alpha value is -3.42. The average Bonchev–Trinajstić information content (AvgIpc) is 2.69. The molecular weight excluding hydrogens is 441 g/mol. The molecule has 182 valence electrons. The number of amides is 1. The molecular formula is C26H30FNO6. The molecule has 0 radical (unpaired) electrons. The lowest BCUT2D eigenvalue weighted by molar-refractivity contribution is -0.240. The molecule has 0 spiro atoms. The number of halogens is 1. The molecule has 0 aromatic heterocycles. The van der Waals surface area contributed by atoms with Crippen LogP contribution in [0.4, 0.5) is 9.18 Å². The highest BCUT2D eigenvalue weighted by atomic mass is 19.1. The zero-order valence-electron chi connectivity index (χ0n) is 20.0. The molecule has 0 unspecified atom stereocenters. The summed E-state index contributed by atoms with van der Waals surface area (Å²) in [5, 5.41) is 2.76. The van der Waals surface area contributed by atoms with Crippen molar-refractivity contribution in [3.05, 3.63) is 59.9 Å². The van der Waals surface area contributed by atoms with Crippen LogP contribution in [0.5, 0.6) is 0 Å². The standard InChI is InChI=1S/C26H30FNO6/c1-25(2,3)34-24(31)28-20(15-21-22(29)32-26(4,5)33-23(21)30)13-16-9-11-17(12-10-16)18-7-6-8-19(27)14-18/h6-12,14,20-21H,13,15H2,1-5H3,(H,28,31)/t20-/m0/s1. The van der Waals surface area contributed by atoms with Crippen LogP contribution in [-0.2, 0) is 30.2 Å². The van der Waals surface area contributed by atoms with Crippen LogP contribution < -0.4 is 5.32 Å². The number of hydrogen-bond donors (Lipinski definition) is 1. The van der Waals surface area contributed by atoms with Gasteiger partial charge in [-0.25, -0.2) is 9.18 Å². The van der Waals surface area contributed by atoms with Gasteiger partial charge in [-0.05, 0) is 62.4 Å². The van der Waals surface area contributed by atoms with Crippen molar-refractivity contribution in [2.75, 3.05) is 0 Å². The molecule has 1 N–H and O–H groups in total. The number of rotatable bonds is 6. The second kappa shape index (κ2) is 9.83. The molecule has 1 atom stereocenters. The first-order valence-electron chi connectivity index (χ1n) is 11.1. The first-order valence-corrected chi connectivity index (χ1v) is 11.1. The van der Waals surface area contributed by atoms with Gasteiger partial charge in [0.2, 0.25) is 0 Å². The quantitative estimate of drug-likeness (QED) is 0.482. The third kappa shape index (κ3) is 7.04. The van der Waals surface area contributed by atoms with E-state index < -0.39 is 41.4 Å². The summed E-state index contributed by atoms with van der Waals surface area (Å²) in [5.74, 6) is -4.21. The maximum atomic E-state index is 13.5. The molecule has 1 saturated heterocycles. The van der Waals surface area contributed by atoms with Gasteiger partial charge in [0, 0.05) is 19.9 Å². The maximum Gasteiger partial charge on any atom is 0.407 e. The number of carbonyl (C=O) groups is 3. The lowest BCUT2D eigenvalue weighted by Gasteiger charge is -2.34. The van der Waals surface area contributed by atoms with Crippen LogP contribution in [-0.4, -0.2) is 35.5 Å². The highest BCUT2D eigenvalue weighted by Gasteiger charge is 2.44. The molecule has 1 heterocycles. The topological polar surface area (TPSA) is 90.9 Å². The second-order valence-electron chi connectivity index (χ2n) is 9.78. The van der Waals surface area contributed by atoms with Gasteiger partial charge in [-0.15, -0.1) is 0 Å². The summed E-state index contributed by atoms with van der Waals surface area (Å²) < 4.78 is 29.3. The molecule has 7 nitrogen and oxygen atoms in total. The van der Waals surface area contributed by atoms with Crippen molar-refractivity contribution in [1.29, 1.82) is 0 Å². The van der Waals surface area contributed by atoms with E-state index in [-0.39, 0.29) is 12.2 Å². The van der Waals surface area contributed by atoms with E-state index in [9.17, 15) is 18.8 Å². The molecule has 0 aliphatic carbocycles. The third-order valence-corrected chi connectivity index (χ3v) is 5.10. The second-order valence-corrected chi connectivity index (χ2v) is 9.78. The van der Waals surface area contributed by atoms with E-state index >= 15 is 0 Å². The van der Waals surface area contributed by atoms with Crippen LogP contribution >= 0.6 is 0 Å². The first-order chi connectivity index (χ1) is 15.8. The monoisotopic (exact) mass is 471 g/mol. The highest BCUT2D eigenvalue weighted by Crippen LogP contribution is 2.27. The zero-order chi connectivity index (χ0) is 25.1. The van der Waals surface area contributed by atoms with Gasteiger partial charge in [0.25, 0.3) is 5.79 Å². The predicted octanol–water partition coefficient (Wildman–Crippen LogP) is 4.77. The molecule has 8 heteroatoms. The molecule has 1 aliphatic rings. The van der Waals surface area contributed by atoms with Gasteiger partial charge in [-0.2, -0.15) is 0 Å². The molecule has 2 aromatic carbocycles. The minimum absolute atomic E-state index is 0.0152. The van der Waals surface area contributed by atoms with Crippen LogP contribution in [0.25, 0.3) is 11.1 Å². The van der Waals surface area contributed by atoms with Gasteiger partial charge in [0.05, 0.1) is 0 Å². The van der Waals surface area contributed by atoms with Crippen molar-refractivity contribution in [3.8, 4) is 11.1 Å². The van der Waals surface area contributed by atoms with Crippen molar-refractivity contribution in [2.24, 2.45) is 5.92 Å². The third-order valence-electron chi connectivity index (χ3n) is 5.10. The largest absolute Gasteiger partial charge is 0.444 e. The zero-order valence-corrected chi connectivity index (χ0v) is 20.0. The van der Waals surface area contributed by atoms with E-state index in [1.807, 2.05) is 30.3 Å². The average molecular weight is 472 g/mol. The van der Waals surface area contributed by atoms with Crippen LogP contribution in [0.15, 0.2) is 48.5 Å². The van der Waals surface area contributed by atoms with Gasteiger partial charge in [0.1, 0.15) is 11.4 Å². The summed E-state index contributed by atoms with van der Waals surface area (Å²) in [6, 6.07) is 13.1. The normalized spacial score (nSPS) is 16.9. The summed E-state index contributed by atoms with van der Waals surface area (Å²) in [6.07, 6.45) is -0.353. The Kier molecular flexibility index (Phi) is 7.29. The molecule has 2 aromatic rings. The first kappa shape index (κ1) is 25.2. The smallest absolute Gasteiger partial charge is 0.407 e. The number of alkyl carbamates (subject to hydrolysis) is 1. The summed E-state index contributed by atoms with van der Waals surface area (Å²) in [4.78, 5) is 37.3. The van der Waals surface area contributed by atoms with Crippen molar-refractivity contribution >= 4 is 18.0 Å². The van der Waals surface area contributed by atoms with E-state index in [4.69, 9.17) is 14.2 Å². The van der Waals surface area contributed by atoms with Gasteiger partial charge in [-0.3, -0.25) is 9.59 Å². The van der Waals surface area contributed by atoms with E-state index in [2.05, 4.69) is 5.32 Å². The van der Waals surface area contributed by atoms with E-state index in [0.29, 0.717) is 6.42 Å². The van der Waals surface area contributed by atoms with Crippen molar-refractivity contribution in [3.63, 3.8) is 0 Å². The van der Waals surface area contributed by atoms with Gasteiger partial charge < -0.3 is 19.5 Å². The summed E-state index contributed by atoms with van der Waals surface area (Å²) in [6.45, 7) is 8.19. The Morgan fingerprint density at radius 2 is 1.68 bits per heavy atom. The lowest BCUT2D eigenvalue weighted by Crippen LogP contribution is -2.49. The Labute approximate surface area is 198 Å².